The van der Waals surface area contributed by atoms with Gasteiger partial charge in [0.2, 0.25) is 0 Å². The van der Waals surface area contributed by atoms with Crippen molar-refractivity contribution in [3.63, 3.8) is 0 Å². The predicted octanol–water partition coefficient (Wildman–Crippen LogP) is 0.527. The molecule has 0 aliphatic heterocycles. The Kier molecular flexibility index (Phi) is 2.81. The van der Waals surface area contributed by atoms with E-state index in [1.165, 1.54) is 0 Å². The van der Waals surface area contributed by atoms with E-state index in [2.05, 4.69) is 0 Å². The quantitative estimate of drug-likeness (QED) is 0.488. The van der Waals surface area contributed by atoms with Gasteiger partial charge >= 0.3 is 18.9 Å². The van der Waals surface area contributed by atoms with Gasteiger partial charge in [-0.3, -0.25) is 0 Å². The Morgan fingerprint density at radius 1 is 0.833 bits per heavy atom. The van der Waals surface area contributed by atoms with Gasteiger partial charge in [0.1, 0.15) is 0 Å². The summed E-state index contributed by atoms with van der Waals surface area (Å²) in [6.45, 7) is 0. The average Bonchev–Trinajstić information content (AvgIpc) is 2.06. The molecule has 0 amide bonds. The smallest absolute Gasteiger partial charge is 0.698 e. The van der Waals surface area contributed by atoms with Crippen LogP contribution in [-0.4, -0.2) is 0 Å². The summed E-state index contributed by atoms with van der Waals surface area (Å²) >= 11 is 0. The third kappa shape index (κ3) is 1.48. The summed E-state index contributed by atoms with van der Waals surface area (Å²) < 4.78 is 0. The maximum absolute atomic E-state index is 7.56. The third-order valence-electron chi connectivity index (χ3n) is 1.79. The van der Waals surface area contributed by atoms with Gasteiger partial charge in [-0.15, -0.1) is 5.69 Å². The summed E-state index contributed by atoms with van der Waals surface area (Å²) in [5, 5.41) is 2.16. The molecule has 0 aliphatic carbocycles. The summed E-state index contributed by atoms with van der Waals surface area (Å²) in [7, 11) is 0. The first kappa shape index (κ1) is 9.19. The van der Waals surface area contributed by atoms with Crippen LogP contribution in [0.3, 0.4) is 0 Å². The predicted molar refractivity (Wildman–Crippen MR) is 47.9 cm³/mol. The van der Waals surface area contributed by atoms with Crippen molar-refractivity contribution in [1.29, 1.82) is 0 Å². The van der Waals surface area contributed by atoms with Crippen molar-refractivity contribution >= 4 is 16.5 Å². The molecule has 1 N–H and O–H groups in total. The molecule has 0 spiro atoms. The van der Waals surface area contributed by atoms with E-state index in [0.29, 0.717) is 5.69 Å². The maximum Gasteiger partial charge on any atom is 1.00 e. The Morgan fingerprint density at radius 3 is 2.25 bits per heavy atom. The second-order valence-electron chi connectivity index (χ2n) is 2.53. The molecule has 54 valence electrons. The normalized spacial score (nSPS) is 9.33. The Bertz CT molecular complexity index is 379. The number of hydrogen-bond donors (Lipinski definition) is 0. The van der Waals surface area contributed by atoms with E-state index in [4.69, 9.17) is 5.73 Å². The van der Waals surface area contributed by atoms with Crippen LogP contribution in [0.1, 0.15) is 0 Å². The van der Waals surface area contributed by atoms with Gasteiger partial charge in [-0.2, -0.15) is 0 Å². The molecule has 0 fully saturated rings. The number of nitrogens with one attached hydrogen (secondary N) is 1. The molecule has 0 saturated heterocycles. The molecule has 1 nitrogen and oxygen atoms in total. The molecular weight excluding hydrogens is 141 g/mol. The molecule has 2 aromatic carbocycles. The van der Waals surface area contributed by atoms with Crippen LogP contribution < -0.4 is 18.9 Å². The van der Waals surface area contributed by atoms with E-state index in [9.17, 15) is 0 Å². The van der Waals surface area contributed by atoms with E-state index in [-0.39, 0.29) is 18.9 Å². The van der Waals surface area contributed by atoms with Crippen LogP contribution >= 0.6 is 0 Å². The van der Waals surface area contributed by atoms with Gasteiger partial charge in [-0.1, -0.05) is 42.5 Å². The molecular formula is C10H8LiN. The van der Waals surface area contributed by atoms with Crippen LogP contribution in [0.15, 0.2) is 42.5 Å². The average molecular weight is 149 g/mol. The standard InChI is InChI=1S/C10H8N.Li/c11-10-7-3-5-8-4-1-2-6-9(8)10;/h1-7,11H;/q-1;+1. The van der Waals surface area contributed by atoms with E-state index in [1.54, 1.807) is 0 Å². The minimum atomic E-state index is 0. The number of hydrogen-bond acceptors (Lipinski definition) is 0. The Balaban J connectivity index is 0.000000720. The first-order valence-electron chi connectivity index (χ1n) is 3.57. The van der Waals surface area contributed by atoms with Crippen molar-refractivity contribution in [3.8, 4) is 0 Å². The molecule has 0 bridgehead atoms. The Labute approximate surface area is 83.8 Å². The van der Waals surface area contributed by atoms with Crippen molar-refractivity contribution in [2.24, 2.45) is 0 Å². The SMILES string of the molecule is [Li+].[NH-]c1cccc2ccccc12. The van der Waals surface area contributed by atoms with Gasteiger partial charge in [-0.25, -0.2) is 0 Å². The molecule has 0 aromatic heterocycles. The first-order chi connectivity index (χ1) is 5.38. The summed E-state index contributed by atoms with van der Waals surface area (Å²) in [4.78, 5) is 0. The van der Waals surface area contributed by atoms with Crippen LogP contribution in [0.25, 0.3) is 16.5 Å². The van der Waals surface area contributed by atoms with Gasteiger partial charge < -0.3 is 5.73 Å². The minimum Gasteiger partial charge on any atom is -0.698 e. The molecule has 0 heterocycles. The molecule has 0 saturated carbocycles. The van der Waals surface area contributed by atoms with Crippen molar-refractivity contribution in [2.45, 2.75) is 0 Å². The van der Waals surface area contributed by atoms with Gasteiger partial charge in [0, 0.05) is 0 Å². The molecule has 0 aliphatic rings. The third-order valence-corrected chi connectivity index (χ3v) is 1.79. The summed E-state index contributed by atoms with van der Waals surface area (Å²) in [5.41, 5.74) is 8.16. The monoisotopic (exact) mass is 149 g/mol. The van der Waals surface area contributed by atoms with E-state index in [1.807, 2.05) is 42.5 Å². The number of fused-ring (bicyclic) bond motifs is 1. The topological polar surface area (TPSA) is 23.8 Å². The summed E-state index contributed by atoms with van der Waals surface area (Å²) in [6, 6.07) is 13.7. The Hall–Kier alpha value is -0.903. The zero-order valence-corrected chi connectivity index (χ0v) is 7.04. The van der Waals surface area contributed by atoms with Crippen LogP contribution in [0, 0.1) is 0 Å². The van der Waals surface area contributed by atoms with Gasteiger partial charge in [0.05, 0.1) is 0 Å². The van der Waals surface area contributed by atoms with Crippen LogP contribution in [0.2, 0.25) is 0 Å². The molecule has 0 unspecified atom stereocenters. The van der Waals surface area contributed by atoms with Gasteiger partial charge in [0.15, 0.2) is 0 Å². The van der Waals surface area contributed by atoms with Crippen LogP contribution in [0.5, 0.6) is 0 Å². The fourth-order valence-electron chi connectivity index (χ4n) is 1.23. The molecule has 0 atom stereocenters. The van der Waals surface area contributed by atoms with E-state index in [0.717, 1.165) is 10.8 Å². The zero-order valence-electron chi connectivity index (χ0n) is 7.04. The second-order valence-corrected chi connectivity index (χ2v) is 2.53. The van der Waals surface area contributed by atoms with Crippen molar-refractivity contribution < 1.29 is 18.9 Å². The second kappa shape index (κ2) is 3.67. The molecule has 2 heteroatoms. The fraction of sp³-hybridized carbons (Fsp3) is 0. The first-order valence-corrected chi connectivity index (χ1v) is 3.57. The zero-order chi connectivity index (χ0) is 7.68. The largest absolute Gasteiger partial charge is 1.00 e. The number of benzene rings is 2. The van der Waals surface area contributed by atoms with Crippen LogP contribution in [-0.2, 0) is 0 Å². The van der Waals surface area contributed by atoms with Crippen molar-refractivity contribution in [2.75, 3.05) is 0 Å². The van der Waals surface area contributed by atoms with Gasteiger partial charge in [0.25, 0.3) is 0 Å². The fourth-order valence-corrected chi connectivity index (χ4v) is 1.23. The van der Waals surface area contributed by atoms with E-state index >= 15 is 0 Å². The molecule has 2 aromatic rings. The molecule has 0 radical (unpaired) electrons. The van der Waals surface area contributed by atoms with Gasteiger partial charge in [-0.05, 0) is 10.8 Å². The Morgan fingerprint density at radius 2 is 1.50 bits per heavy atom. The van der Waals surface area contributed by atoms with Crippen molar-refractivity contribution in [3.05, 3.63) is 48.2 Å². The maximum atomic E-state index is 7.56. The minimum absolute atomic E-state index is 0. The van der Waals surface area contributed by atoms with Crippen molar-refractivity contribution in [1.82, 2.24) is 0 Å². The van der Waals surface area contributed by atoms with E-state index < -0.39 is 0 Å². The summed E-state index contributed by atoms with van der Waals surface area (Å²) in [5.74, 6) is 0. The molecule has 12 heavy (non-hydrogen) atoms. The summed E-state index contributed by atoms with van der Waals surface area (Å²) in [6.07, 6.45) is 0. The molecule has 2 rings (SSSR count). The van der Waals surface area contributed by atoms with Crippen LogP contribution in [0.4, 0.5) is 5.69 Å². The number of rotatable bonds is 0.